The summed E-state index contributed by atoms with van der Waals surface area (Å²) >= 11 is 0. The molecule has 1 unspecified atom stereocenters. The molecule has 23 heavy (non-hydrogen) atoms. The summed E-state index contributed by atoms with van der Waals surface area (Å²) in [6.07, 6.45) is -4.72. The average molecular weight is 326 g/mol. The third kappa shape index (κ3) is 4.54. The number of nitrogens with two attached hydrogens (primary N) is 1. The molecule has 0 aliphatic rings. The molecule has 0 saturated carbocycles. The highest BCUT2D eigenvalue weighted by atomic mass is 19.4. The number of aryl methyl sites for hydroxylation is 1. The fourth-order valence-electron chi connectivity index (χ4n) is 2.24. The molecule has 0 bridgehead atoms. The first kappa shape index (κ1) is 17.0. The lowest BCUT2D eigenvalue weighted by Gasteiger charge is -2.14. The van der Waals surface area contributed by atoms with Crippen molar-refractivity contribution in [1.82, 2.24) is 14.8 Å². The van der Waals surface area contributed by atoms with E-state index in [1.165, 1.54) is 0 Å². The third-order valence-electron chi connectivity index (χ3n) is 3.37. The molecule has 1 aromatic carbocycles. The normalized spacial score (nSPS) is 13.1. The monoisotopic (exact) mass is 326 g/mol. The van der Waals surface area contributed by atoms with E-state index in [1.54, 1.807) is 6.92 Å². The van der Waals surface area contributed by atoms with Gasteiger partial charge in [0.2, 0.25) is 5.91 Å². The van der Waals surface area contributed by atoms with Gasteiger partial charge in [-0.25, -0.2) is 9.67 Å². The Kier molecular flexibility index (Phi) is 4.72. The minimum absolute atomic E-state index is 0.00397. The zero-order chi connectivity index (χ0) is 17.2. The maximum Gasteiger partial charge on any atom is 0.408 e. The van der Waals surface area contributed by atoms with Crippen LogP contribution in [-0.4, -0.2) is 26.8 Å². The predicted molar refractivity (Wildman–Crippen MR) is 77.7 cm³/mol. The summed E-state index contributed by atoms with van der Waals surface area (Å²) in [5.41, 5.74) is 6.93. The van der Waals surface area contributed by atoms with Gasteiger partial charge in [0.1, 0.15) is 12.4 Å². The molecule has 1 atom stereocenters. The van der Waals surface area contributed by atoms with Crippen molar-refractivity contribution in [1.29, 1.82) is 0 Å². The van der Waals surface area contributed by atoms with E-state index in [4.69, 9.17) is 5.73 Å². The predicted octanol–water partition coefficient (Wildman–Crippen LogP) is 2.33. The van der Waals surface area contributed by atoms with Gasteiger partial charge >= 0.3 is 6.18 Å². The number of carbonyl (C=O) groups is 1. The van der Waals surface area contributed by atoms with Crippen molar-refractivity contribution in [2.45, 2.75) is 38.9 Å². The summed E-state index contributed by atoms with van der Waals surface area (Å²) in [5.74, 6) is -0.936. The number of carbonyl (C=O) groups excluding carboxylic acids is 1. The zero-order valence-electron chi connectivity index (χ0n) is 12.8. The number of alkyl halides is 3. The van der Waals surface area contributed by atoms with E-state index in [0.29, 0.717) is 0 Å². The van der Waals surface area contributed by atoms with Crippen molar-refractivity contribution in [3.63, 3.8) is 0 Å². The molecule has 1 heterocycles. The van der Waals surface area contributed by atoms with Crippen LogP contribution in [-0.2, 0) is 17.8 Å². The van der Waals surface area contributed by atoms with Gasteiger partial charge in [0.05, 0.1) is 6.42 Å². The highest BCUT2D eigenvalue weighted by molar-refractivity contribution is 5.75. The Labute approximate surface area is 131 Å². The van der Waals surface area contributed by atoms with Crippen LogP contribution in [0.2, 0.25) is 0 Å². The van der Waals surface area contributed by atoms with Crippen LogP contribution in [0.4, 0.5) is 13.2 Å². The second-order valence-electron chi connectivity index (χ2n) is 5.43. The summed E-state index contributed by atoms with van der Waals surface area (Å²) in [5, 5.41) is 3.78. The number of rotatable bonds is 5. The summed E-state index contributed by atoms with van der Waals surface area (Å²) in [6.45, 7) is 2.41. The van der Waals surface area contributed by atoms with Gasteiger partial charge in [0.15, 0.2) is 5.82 Å². The molecule has 2 rings (SSSR count). The van der Waals surface area contributed by atoms with Crippen LogP contribution in [0.15, 0.2) is 24.3 Å². The smallest absolute Gasteiger partial charge is 0.369 e. The van der Waals surface area contributed by atoms with Gasteiger partial charge in [-0.05, 0) is 12.5 Å². The van der Waals surface area contributed by atoms with Gasteiger partial charge in [-0.3, -0.25) is 4.79 Å². The van der Waals surface area contributed by atoms with Crippen LogP contribution < -0.4 is 5.73 Å². The zero-order valence-corrected chi connectivity index (χ0v) is 12.8. The fourth-order valence-corrected chi connectivity index (χ4v) is 2.24. The number of hydrogen-bond acceptors (Lipinski definition) is 3. The molecule has 0 spiro atoms. The number of benzene rings is 1. The molecule has 2 aromatic rings. The van der Waals surface area contributed by atoms with Gasteiger partial charge in [-0.15, -0.1) is 0 Å². The molecule has 5 nitrogen and oxygen atoms in total. The van der Waals surface area contributed by atoms with Crippen molar-refractivity contribution in [2.24, 2.45) is 5.73 Å². The Morgan fingerprint density at radius 1 is 1.30 bits per heavy atom. The molecule has 0 aliphatic heterocycles. The van der Waals surface area contributed by atoms with Crippen molar-refractivity contribution >= 4 is 5.91 Å². The Hall–Kier alpha value is -2.38. The molecule has 0 saturated heterocycles. The lowest BCUT2D eigenvalue weighted by molar-refractivity contribution is -0.143. The van der Waals surface area contributed by atoms with Gasteiger partial charge in [-0.1, -0.05) is 36.8 Å². The number of halogens is 3. The summed E-state index contributed by atoms with van der Waals surface area (Å²) in [6, 6.07) is 7.42. The molecular weight excluding hydrogens is 309 g/mol. The summed E-state index contributed by atoms with van der Waals surface area (Å²) < 4.78 is 39.0. The average Bonchev–Trinajstić information content (AvgIpc) is 2.78. The van der Waals surface area contributed by atoms with Gasteiger partial charge in [0.25, 0.3) is 0 Å². The van der Waals surface area contributed by atoms with Gasteiger partial charge < -0.3 is 5.73 Å². The molecule has 0 aliphatic carbocycles. The summed E-state index contributed by atoms with van der Waals surface area (Å²) in [4.78, 5) is 15.0. The highest BCUT2D eigenvalue weighted by Crippen LogP contribution is 2.26. The minimum atomic E-state index is -4.43. The van der Waals surface area contributed by atoms with Gasteiger partial charge in [0, 0.05) is 5.92 Å². The lowest BCUT2D eigenvalue weighted by Crippen LogP contribution is -2.22. The second kappa shape index (κ2) is 6.39. The van der Waals surface area contributed by atoms with E-state index in [0.717, 1.165) is 15.8 Å². The largest absolute Gasteiger partial charge is 0.408 e. The van der Waals surface area contributed by atoms with Crippen LogP contribution in [0.5, 0.6) is 0 Å². The number of primary amides is 1. The first-order valence-electron chi connectivity index (χ1n) is 7.01. The maximum atomic E-state index is 12.7. The Morgan fingerprint density at radius 2 is 1.91 bits per heavy atom. The lowest BCUT2D eigenvalue weighted by atomic mass is 9.99. The molecule has 0 fully saturated rings. The highest BCUT2D eigenvalue weighted by Gasteiger charge is 2.31. The van der Waals surface area contributed by atoms with Crippen molar-refractivity contribution in [3.05, 3.63) is 47.0 Å². The first-order valence-corrected chi connectivity index (χ1v) is 7.01. The molecule has 0 radical (unpaired) electrons. The van der Waals surface area contributed by atoms with E-state index in [-0.39, 0.29) is 18.1 Å². The Morgan fingerprint density at radius 3 is 2.43 bits per heavy atom. The Bertz CT molecular complexity index is 692. The molecular formula is C15H17F3N4O. The quantitative estimate of drug-likeness (QED) is 0.916. The minimum Gasteiger partial charge on any atom is -0.369 e. The van der Waals surface area contributed by atoms with E-state index in [1.807, 2.05) is 31.2 Å². The Balaban J connectivity index is 2.39. The topological polar surface area (TPSA) is 73.8 Å². The molecule has 124 valence electrons. The van der Waals surface area contributed by atoms with E-state index in [9.17, 15) is 18.0 Å². The van der Waals surface area contributed by atoms with Gasteiger partial charge in [-0.2, -0.15) is 18.3 Å². The number of nitrogens with zero attached hydrogens (tertiary/aromatic N) is 3. The van der Waals surface area contributed by atoms with Crippen LogP contribution >= 0.6 is 0 Å². The van der Waals surface area contributed by atoms with Crippen LogP contribution in [0.3, 0.4) is 0 Å². The number of aromatic nitrogens is 3. The molecule has 1 amide bonds. The molecule has 2 N–H and O–H groups in total. The van der Waals surface area contributed by atoms with Crippen molar-refractivity contribution in [2.75, 3.05) is 0 Å². The van der Waals surface area contributed by atoms with Crippen molar-refractivity contribution < 1.29 is 18.0 Å². The maximum absolute atomic E-state index is 12.7. The SMILES string of the molecule is Cc1ccc(C(C)c2nc(CC(N)=O)nn2CC(F)(F)F)cc1. The number of hydrogen-bond donors (Lipinski definition) is 1. The van der Waals surface area contributed by atoms with Crippen LogP contribution in [0, 0.1) is 6.92 Å². The van der Waals surface area contributed by atoms with Crippen LogP contribution in [0.25, 0.3) is 0 Å². The van der Waals surface area contributed by atoms with Crippen molar-refractivity contribution in [3.8, 4) is 0 Å². The van der Waals surface area contributed by atoms with E-state index < -0.39 is 24.5 Å². The summed E-state index contributed by atoms with van der Waals surface area (Å²) in [7, 11) is 0. The number of amides is 1. The van der Waals surface area contributed by atoms with E-state index in [2.05, 4.69) is 10.1 Å². The van der Waals surface area contributed by atoms with E-state index >= 15 is 0 Å². The molecule has 8 heteroatoms. The third-order valence-corrected chi connectivity index (χ3v) is 3.37. The first-order chi connectivity index (χ1) is 10.7. The standard InChI is InChI=1S/C15H17F3N4O/c1-9-3-5-11(6-4-9)10(2)14-20-13(7-12(19)23)21-22(14)8-15(16,17)18/h3-6,10H,7-8H2,1-2H3,(H2,19,23). The van der Waals surface area contributed by atoms with Crippen LogP contribution in [0.1, 0.15) is 35.6 Å². The molecule has 1 aromatic heterocycles. The second-order valence-corrected chi connectivity index (χ2v) is 5.43. The fraction of sp³-hybridized carbons (Fsp3) is 0.400.